The smallest absolute Gasteiger partial charge is 0.337 e. The number of carbonyl (C=O) groups is 3. The van der Waals surface area contributed by atoms with Gasteiger partial charge < -0.3 is 15.0 Å². The van der Waals surface area contributed by atoms with Crippen LogP contribution in [0.2, 0.25) is 0 Å². The van der Waals surface area contributed by atoms with Crippen LogP contribution in [0.25, 0.3) is 10.9 Å². The second-order valence-electron chi connectivity index (χ2n) is 7.24. The molecule has 0 atom stereocenters. The topological polar surface area (TPSA) is 104 Å². The molecule has 0 aliphatic carbocycles. The number of para-hydroxylation sites is 1. The Bertz CT molecular complexity index is 1080. The zero-order valence-corrected chi connectivity index (χ0v) is 16.6. The van der Waals surface area contributed by atoms with Crippen LogP contribution in [0.5, 0.6) is 0 Å². The van der Waals surface area contributed by atoms with E-state index in [2.05, 4.69) is 20.3 Å². The number of methoxy groups -OCH3 is 1. The minimum atomic E-state index is -0.422. The van der Waals surface area contributed by atoms with Crippen LogP contribution >= 0.6 is 0 Å². The van der Waals surface area contributed by atoms with Gasteiger partial charge >= 0.3 is 5.97 Å². The van der Waals surface area contributed by atoms with Crippen LogP contribution < -0.4 is 5.32 Å². The summed E-state index contributed by atoms with van der Waals surface area (Å²) in [7, 11) is 1.32. The first kappa shape index (κ1) is 19.6. The highest BCUT2D eigenvalue weighted by Crippen LogP contribution is 2.23. The lowest BCUT2D eigenvalue weighted by Crippen LogP contribution is -2.41. The maximum absolute atomic E-state index is 12.9. The van der Waals surface area contributed by atoms with E-state index in [1.165, 1.54) is 7.11 Å². The van der Waals surface area contributed by atoms with Crippen molar-refractivity contribution < 1.29 is 19.1 Å². The normalized spacial score (nSPS) is 14.5. The van der Waals surface area contributed by atoms with E-state index >= 15 is 0 Å². The molecule has 0 unspecified atom stereocenters. The molecular weight excluding hydrogens is 384 g/mol. The molecule has 1 fully saturated rings. The third-order valence-electron chi connectivity index (χ3n) is 5.40. The lowest BCUT2D eigenvalue weighted by Gasteiger charge is -2.31. The predicted molar refractivity (Wildman–Crippen MR) is 111 cm³/mol. The highest BCUT2D eigenvalue weighted by Gasteiger charge is 2.29. The number of H-pyrrole nitrogens is 1. The number of fused-ring (bicyclic) bond motifs is 1. The molecule has 3 aromatic rings. The van der Waals surface area contributed by atoms with Gasteiger partial charge in [-0.3, -0.25) is 14.7 Å². The van der Waals surface area contributed by atoms with Crippen molar-refractivity contribution in [3.05, 3.63) is 59.8 Å². The third kappa shape index (κ3) is 3.89. The molecule has 154 valence electrons. The van der Waals surface area contributed by atoms with Gasteiger partial charge in [0.25, 0.3) is 5.91 Å². The van der Waals surface area contributed by atoms with E-state index in [0.29, 0.717) is 42.9 Å². The molecule has 1 saturated heterocycles. The van der Waals surface area contributed by atoms with Gasteiger partial charge in [0, 0.05) is 30.1 Å². The Morgan fingerprint density at radius 2 is 1.77 bits per heavy atom. The Morgan fingerprint density at radius 1 is 1.07 bits per heavy atom. The van der Waals surface area contributed by atoms with Crippen LogP contribution in [0.3, 0.4) is 0 Å². The van der Waals surface area contributed by atoms with Crippen LogP contribution in [-0.4, -0.2) is 53.1 Å². The molecule has 0 saturated carbocycles. The number of anilines is 1. The van der Waals surface area contributed by atoms with Crippen LogP contribution in [0.15, 0.2) is 48.5 Å². The molecular formula is C22H22N4O4. The number of esters is 1. The molecule has 4 rings (SSSR count). The van der Waals surface area contributed by atoms with Crippen LogP contribution in [-0.2, 0) is 9.53 Å². The number of likely N-dealkylation sites (tertiary alicyclic amines) is 1. The van der Waals surface area contributed by atoms with Crippen molar-refractivity contribution in [3.63, 3.8) is 0 Å². The fourth-order valence-electron chi connectivity index (χ4n) is 3.67. The standard InChI is InChI=1S/C22H22N4O4/c1-30-22(29)15-6-8-16(9-7-15)23-20(27)14-10-12-26(13-11-14)21(28)19-17-4-2-3-5-18(17)24-25-19/h2-9,14H,10-13H2,1H3,(H,23,27)(H,24,25). The van der Waals surface area contributed by atoms with Crippen molar-refractivity contribution in [2.75, 3.05) is 25.5 Å². The van der Waals surface area contributed by atoms with Crippen LogP contribution in [0.4, 0.5) is 5.69 Å². The number of nitrogens with zero attached hydrogens (tertiary/aromatic N) is 2. The molecule has 2 aromatic carbocycles. The second-order valence-corrected chi connectivity index (χ2v) is 7.24. The fraction of sp³-hybridized carbons (Fsp3) is 0.273. The Kier molecular flexibility index (Phi) is 5.47. The number of amides is 2. The Hall–Kier alpha value is -3.68. The minimum absolute atomic E-state index is 0.0851. The quantitative estimate of drug-likeness (QED) is 0.649. The van der Waals surface area contributed by atoms with Crippen molar-refractivity contribution in [3.8, 4) is 0 Å². The van der Waals surface area contributed by atoms with Crippen molar-refractivity contribution in [2.24, 2.45) is 5.92 Å². The summed E-state index contributed by atoms with van der Waals surface area (Å²) in [4.78, 5) is 38.7. The first-order valence-corrected chi connectivity index (χ1v) is 9.78. The molecule has 0 radical (unpaired) electrons. The van der Waals surface area contributed by atoms with E-state index in [1.54, 1.807) is 29.2 Å². The zero-order chi connectivity index (χ0) is 21.1. The van der Waals surface area contributed by atoms with Gasteiger partial charge in [0.05, 0.1) is 18.2 Å². The Morgan fingerprint density at radius 3 is 2.47 bits per heavy atom. The third-order valence-corrected chi connectivity index (χ3v) is 5.40. The number of piperidine rings is 1. The maximum atomic E-state index is 12.9. The molecule has 8 nitrogen and oxygen atoms in total. The Balaban J connectivity index is 1.34. The highest BCUT2D eigenvalue weighted by molar-refractivity contribution is 6.04. The molecule has 2 heterocycles. The number of aromatic amines is 1. The van der Waals surface area contributed by atoms with Crippen molar-refractivity contribution in [2.45, 2.75) is 12.8 Å². The number of aromatic nitrogens is 2. The van der Waals surface area contributed by atoms with E-state index in [-0.39, 0.29) is 17.7 Å². The summed E-state index contributed by atoms with van der Waals surface area (Å²) < 4.78 is 4.67. The van der Waals surface area contributed by atoms with Crippen LogP contribution in [0.1, 0.15) is 33.7 Å². The molecule has 30 heavy (non-hydrogen) atoms. The van der Waals surface area contributed by atoms with Gasteiger partial charge in [-0.25, -0.2) is 4.79 Å². The van der Waals surface area contributed by atoms with E-state index in [0.717, 1.165) is 10.9 Å². The molecule has 1 aromatic heterocycles. The van der Waals surface area contributed by atoms with Crippen molar-refractivity contribution in [1.82, 2.24) is 15.1 Å². The van der Waals surface area contributed by atoms with Crippen molar-refractivity contribution in [1.29, 1.82) is 0 Å². The number of ether oxygens (including phenoxy) is 1. The molecule has 2 amide bonds. The van der Waals surface area contributed by atoms with Gasteiger partial charge in [-0.2, -0.15) is 5.10 Å². The largest absolute Gasteiger partial charge is 0.465 e. The first-order valence-electron chi connectivity index (χ1n) is 9.78. The average Bonchev–Trinajstić information content (AvgIpc) is 3.23. The number of carbonyl (C=O) groups excluding carboxylic acids is 3. The predicted octanol–water partition coefficient (Wildman–Crippen LogP) is 2.84. The van der Waals surface area contributed by atoms with E-state index in [1.807, 2.05) is 24.3 Å². The van der Waals surface area contributed by atoms with Crippen molar-refractivity contribution >= 4 is 34.4 Å². The minimum Gasteiger partial charge on any atom is -0.465 e. The SMILES string of the molecule is COC(=O)c1ccc(NC(=O)C2CCN(C(=O)c3n[nH]c4ccccc34)CC2)cc1. The maximum Gasteiger partial charge on any atom is 0.337 e. The fourth-order valence-corrected chi connectivity index (χ4v) is 3.67. The second kappa shape index (κ2) is 8.36. The summed E-state index contributed by atoms with van der Waals surface area (Å²) in [6, 6.07) is 14.1. The number of rotatable bonds is 4. The molecule has 0 spiro atoms. The van der Waals surface area contributed by atoms with E-state index < -0.39 is 5.97 Å². The monoisotopic (exact) mass is 406 g/mol. The van der Waals surface area contributed by atoms with Gasteiger partial charge in [0.15, 0.2) is 5.69 Å². The highest BCUT2D eigenvalue weighted by atomic mass is 16.5. The summed E-state index contributed by atoms with van der Waals surface area (Å²) in [5, 5.41) is 10.7. The lowest BCUT2D eigenvalue weighted by molar-refractivity contribution is -0.121. The molecule has 8 heteroatoms. The summed E-state index contributed by atoms with van der Waals surface area (Å²) in [5.41, 5.74) is 2.29. The van der Waals surface area contributed by atoms with E-state index in [9.17, 15) is 14.4 Å². The van der Waals surface area contributed by atoms with Gasteiger partial charge in [-0.15, -0.1) is 0 Å². The Labute approximate surface area is 173 Å². The average molecular weight is 406 g/mol. The van der Waals surface area contributed by atoms with Gasteiger partial charge in [0.1, 0.15) is 0 Å². The van der Waals surface area contributed by atoms with Gasteiger partial charge in [0.2, 0.25) is 5.91 Å². The molecule has 2 N–H and O–H groups in total. The summed E-state index contributed by atoms with van der Waals surface area (Å²) >= 11 is 0. The van der Waals surface area contributed by atoms with E-state index in [4.69, 9.17) is 0 Å². The lowest BCUT2D eigenvalue weighted by atomic mass is 9.95. The number of hydrogen-bond donors (Lipinski definition) is 2. The zero-order valence-electron chi connectivity index (χ0n) is 16.6. The van der Waals surface area contributed by atoms with Gasteiger partial charge in [-0.05, 0) is 43.2 Å². The number of hydrogen-bond acceptors (Lipinski definition) is 5. The van der Waals surface area contributed by atoms with Crippen LogP contribution in [0, 0.1) is 5.92 Å². The first-order chi connectivity index (χ1) is 14.6. The molecule has 0 bridgehead atoms. The molecule has 1 aliphatic rings. The molecule has 1 aliphatic heterocycles. The number of benzene rings is 2. The summed E-state index contributed by atoms with van der Waals surface area (Å²) in [5.74, 6) is -0.803. The summed E-state index contributed by atoms with van der Waals surface area (Å²) in [6.07, 6.45) is 1.17. The van der Waals surface area contributed by atoms with Gasteiger partial charge in [-0.1, -0.05) is 18.2 Å². The summed E-state index contributed by atoms with van der Waals surface area (Å²) in [6.45, 7) is 0.999. The number of nitrogens with one attached hydrogen (secondary N) is 2.